The highest BCUT2D eigenvalue weighted by Gasteiger charge is 2.32. The molecule has 112 valence electrons. The van der Waals surface area contributed by atoms with E-state index < -0.39 is 0 Å². The number of nitrogens with zero attached hydrogens (tertiary/aromatic N) is 2. The first kappa shape index (κ1) is 15.5. The number of rotatable bonds is 3. The maximum absolute atomic E-state index is 6.26. The third-order valence-electron chi connectivity index (χ3n) is 4.69. The van der Waals surface area contributed by atoms with Crippen molar-refractivity contribution in [3.63, 3.8) is 0 Å². The van der Waals surface area contributed by atoms with E-state index in [1.165, 1.54) is 18.4 Å². The standard InChI is InChI=1S/C17H29N3/c1-13(18)16(14-5-9-19-10-6-14)20-11-7-15(8-12-20)17(2,3)4/h5-6,9-10,13,15-16H,7-8,11-12,18H2,1-4H3. The van der Waals surface area contributed by atoms with Crippen LogP contribution in [0.1, 0.15) is 52.1 Å². The third kappa shape index (κ3) is 3.58. The molecule has 0 saturated carbocycles. The van der Waals surface area contributed by atoms with Gasteiger partial charge in [-0.15, -0.1) is 0 Å². The lowest BCUT2D eigenvalue weighted by molar-refractivity contribution is 0.0748. The molecule has 20 heavy (non-hydrogen) atoms. The number of pyridine rings is 1. The van der Waals surface area contributed by atoms with Gasteiger partial charge in [-0.2, -0.15) is 0 Å². The van der Waals surface area contributed by atoms with E-state index in [2.05, 4.69) is 49.7 Å². The van der Waals surface area contributed by atoms with Crippen molar-refractivity contribution in [1.82, 2.24) is 9.88 Å². The molecule has 1 aromatic heterocycles. The second-order valence-electron chi connectivity index (χ2n) is 7.26. The van der Waals surface area contributed by atoms with Gasteiger partial charge in [-0.1, -0.05) is 20.8 Å². The van der Waals surface area contributed by atoms with E-state index in [1.54, 1.807) is 0 Å². The quantitative estimate of drug-likeness (QED) is 0.921. The Hall–Kier alpha value is -0.930. The number of likely N-dealkylation sites (tertiary alicyclic amines) is 1. The average Bonchev–Trinajstić information content (AvgIpc) is 2.39. The van der Waals surface area contributed by atoms with E-state index in [1.807, 2.05) is 12.4 Å². The van der Waals surface area contributed by atoms with Crippen LogP contribution in [0.15, 0.2) is 24.5 Å². The molecule has 2 N–H and O–H groups in total. The first-order valence-electron chi connectivity index (χ1n) is 7.79. The maximum Gasteiger partial charge on any atom is 0.0497 e. The van der Waals surface area contributed by atoms with Crippen LogP contribution in [0.4, 0.5) is 0 Å². The van der Waals surface area contributed by atoms with E-state index in [0.29, 0.717) is 11.5 Å². The Kier molecular flexibility index (Phi) is 4.82. The zero-order valence-corrected chi connectivity index (χ0v) is 13.3. The van der Waals surface area contributed by atoms with Gasteiger partial charge in [0.05, 0.1) is 0 Å². The molecule has 1 saturated heterocycles. The highest BCUT2D eigenvalue weighted by molar-refractivity contribution is 5.17. The van der Waals surface area contributed by atoms with E-state index in [9.17, 15) is 0 Å². The Morgan fingerprint density at radius 2 is 1.75 bits per heavy atom. The summed E-state index contributed by atoms with van der Waals surface area (Å²) < 4.78 is 0. The molecule has 0 bridgehead atoms. The van der Waals surface area contributed by atoms with Crippen LogP contribution in [-0.4, -0.2) is 29.0 Å². The summed E-state index contributed by atoms with van der Waals surface area (Å²) in [5.74, 6) is 0.824. The summed E-state index contributed by atoms with van der Waals surface area (Å²) in [6.07, 6.45) is 6.29. The number of piperidine rings is 1. The van der Waals surface area contributed by atoms with Gasteiger partial charge >= 0.3 is 0 Å². The van der Waals surface area contributed by atoms with E-state index in [0.717, 1.165) is 19.0 Å². The van der Waals surface area contributed by atoms with E-state index >= 15 is 0 Å². The SMILES string of the molecule is CC(N)C(c1ccncc1)N1CCC(C(C)(C)C)CC1. The van der Waals surface area contributed by atoms with Crippen LogP contribution in [0, 0.1) is 11.3 Å². The minimum atomic E-state index is 0.142. The summed E-state index contributed by atoms with van der Waals surface area (Å²) in [5.41, 5.74) is 7.98. The topological polar surface area (TPSA) is 42.1 Å². The van der Waals surface area contributed by atoms with Crippen molar-refractivity contribution < 1.29 is 0 Å². The summed E-state index contributed by atoms with van der Waals surface area (Å²) in [6, 6.07) is 4.66. The van der Waals surface area contributed by atoms with Gasteiger partial charge in [0.2, 0.25) is 0 Å². The predicted molar refractivity (Wildman–Crippen MR) is 84.4 cm³/mol. The summed E-state index contributed by atoms with van der Waals surface area (Å²) in [6.45, 7) is 11.5. The number of nitrogens with two attached hydrogens (primary N) is 1. The largest absolute Gasteiger partial charge is 0.326 e. The molecular formula is C17H29N3. The van der Waals surface area contributed by atoms with Crippen LogP contribution in [0.3, 0.4) is 0 Å². The van der Waals surface area contributed by atoms with Crippen LogP contribution in [0.5, 0.6) is 0 Å². The monoisotopic (exact) mass is 275 g/mol. The summed E-state index contributed by atoms with van der Waals surface area (Å²) in [5, 5.41) is 0. The number of hydrogen-bond acceptors (Lipinski definition) is 3. The number of aromatic nitrogens is 1. The highest BCUT2D eigenvalue weighted by Crippen LogP contribution is 2.37. The fourth-order valence-electron chi connectivity index (χ4n) is 3.45. The molecule has 0 radical (unpaired) electrons. The van der Waals surface area contributed by atoms with Gasteiger partial charge < -0.3 is 5.73 Å². The molecule has 3 heteroatoms. The first-order chi connectivity index (χ1) is 9.39. The molecule has 0 aliphatic carbocycles. The van der Waals surface area contributed by atoms with Gasteiger partial charge in [-0.3, -0.25) is 9.88 Å². The van der Waals surface area contributed by atoms with E-state index in [4.69, 9.17) is 5.73 Å². The second-order valence-corrected chi connectivity index (χ2v) is 7.26. The smallest absolute Gasteiger partial charge is 0.0497 e. The lowest BCUT2D eigenvalue weighted by Gasteiger charge is -2.43. The van der Waals surface area contributed by atoms with Crippen molar-refractivity contribution in [1.29, 1.82) is 0 Å². The summed E-state index contributed by atoms with van der Waals surface area (Å²) in [7, 11) is 0. The fraction of sp³-hybridized carbons (Fsp3) is 0.706. The lowest BCUT2D eigenvalue weighted by atomic mass is 9.75. The molecule has 2 heterocycles. The van der Waals surface area contributed by atoms with Crippen LogP contribution in [-0.2, 0) is 0 Å². The van der Waals surface area contributed by atoms with Gasteiger partial charge in [-0.25, -0.2) is 0 Å². The maximum atomic E-state index is 6.26. The molecule has 3 nitrogen and oxygen atoms in total. The van der Waals surface area contributed by atoms with Crippen molar-refractivity contribution in [3.8, 4) is 0 Å². The summed E-state index contributed by atoms with van der Waals surface area (Å²) >= 11 is 0. The average molecular weight is 275 g/mol. The van der Waals surface area contributed by atoms with Gasteiger partial charge in [-0.05, 0) is 61.9 Å². The molecule has 2 atom stereocenters. The van der Waals surface area contributed by atoms with Crippen LogP contribution < -0.4 is 5.73 Å². The molecule has 2 rings (SSSR count). The van der Waals surface area contributed by atoms with Crippen LogP contribution in [0.2, 0.25) is 0 Å². The Balaban J connectivity index is 2.07. The minimum Gasteiger partial charge on any atom is -0.326 e. The molecule has 0 spiro atoms. The molecule has 0 amide bonds. The fourth-order valence-corrected chi connectivity index (χ4v) is 3.45. The highest BCUT2D eigenvalue weighted by atomic mass is 15.2. The third-order valence-corrected chi connectivity index (χ3v) is 4.69. The molecule has 1 fully saturated rings. The minimum absolute atomic E-state index is 0.142. The van der Waals surface area contributed by atoms with Gasteiger partial charge in [0.15, 0.2) is 0 Å². The predicted octanol–water partition coefficient (Wildman–Crippen LogP) is 3.23. The molecule has 1 aliphatic heterocycles. The van der Waals surface area contributed by atoms with Gasteiger partial charge in [0.25, 0.3) is 0 Å². The number of hydrogen-bond donors (Lipinski definition) is 1. The first-order valence-corrected chi connectivity index (χ1v) is 7.79. The molecular weight excluding hydrogens is 246 g/mol. The zero-order chi connectivity index (χ0) is 14.8. The normalized spacial score (nSPS) is 21.6. The molecule has 1 aromatic rings. The molecule has 2 unspecified atom stereocenters. The van der Waals surface area contributed by atoms with Crippen molar-refractivity contribution in [2.24, 2.45) is 17.1 Å². The molecule has 1 aliphatic rings. The van der Waals surface area contributed by atoms with E-state index in [-0.39, 0.29) is 6.04 Å². The lowest BCUT2D eigenvalue weighted by Crippen LogP contribution is -2.45. The second kappa shape index (κ2) is 6.23. The Morgan fingerprint density at radius 3 is 2.20 bits per heavy atom. The van der Waals surface area contributed by atoms with Crippen LogP contribution >= 0.6 is 0 Å². The Labute approximate surface area is 123 Å². The Morgan fingerprint density at radius 1 is 1.20 bits per heavy atom. The van der Waals surface area contributed by atoms with Crippen molar-refractivity contribution in [3.05, 3.63) is 30.1 Å². The summed E-state index contributed by atoms with van der Waals surface area (Å²) in [4.78, 5) is 6.68. The van der Waals surface area contributed by atoms with Crippen molar-refractivity contribution >= 4 is 0 Å². The zero-order valence-electron chi connectivity index (χ0n) is 13.3. The van der Waals surface area contributed by atoms with Crippen molar-refractivity contribution in [2.75, 3.05) is 13.1 Å². The van der Waals surface area contributed by atoms with Gasteiger partial charge in [0.1, 0.15) is 0 Å². The Bertz CT molecular complexity index is 400. The van der Waals surface area contributed by atoms with Crippen LogP contribution in [0.25, 0.3) is 0 Å². The van der Waals surface area contributed by atoms with Gasteiger partial charge in [0, 0.05) is 24.5 Å². The van der Waals surface area contributed by atoms with Crippen molar-refractivity contribution in [2.45, 2.75) is 52.6 Å². The molecule has 0 aromatic carbocycles.